The van der Waals surface area contributed by atoms with E-state index in [9.17, 15) is 9.59 Å². The second kappa shape index (κ2) is 12.1. The molecule has 0 aliphatic carbocycles. The number of urea groups is 1. The molecule has 2 N–H and O–H groups in total. The molecule has 1 fully saturated rings. The van der Waals surface area contributed by atoms with Gasteiger partial charge >= 0.3 is 6.03 Å². The number of carbonyl (C=O) groups excluding carboxylic acids is 2. The molecule has 0 bridgehead atoms. The smallest absolute Gasteiger partial charge is 0.331 e. The molecule has 4 heterocycles. The number of hydrogen-bond donors (Lipinski definition) is 2. The number of rotatable bonds is 6. The van der Waals surface area contributed by atoms with Crippen molar-refractivity contribution in [2.45, 2.75) is 19.1 Å². The lowest BCUT2D eigenvalue weighted by Gasteiger charge is -2.29. The van der Waals surface area contributed by atoms with E-state index in [2.05, 4.69) is 20.5 Å². The number of nitrogens with one attached hydrogen (secondary N) is 2. The number of aryl methyl sites for hydroxylation is 1. The highest BCUT2D eigenvalue weighted by Crippen LogP contribution is 2.46. The van der Waals surface area contributed by atoms with E-state index in [1.54, 1.807) is 24.3 Å². The Labute approximate surface area is 250 Å². The number of amides is 3. The van der Waals surface area contributed by atoms with E-state index in [1.807, 2.05) is 62.5 Å². The highest BCUT2D eigenvalue weighted by atomic mass is 32.1. The number of para-hydroxylation sites is 1. The minimum atomic E-state index is -0.340. The van der Waals surface area contributed by atoms with Gasteiger partial charge in [0.15, 0.2) is 0 Å². The van der Waals surface area contributed by atoms with Crippen LogP contribution < -0.4 is 20.3 Å². The quantitative estimate of drug-likeness (QED) is 0.311. The summed E-state index contributed by atoms with van der Waals surface area (Å²) in [6, 6.07) is 16.5. The first-order valence-corrected chi connectivity index (χ1v) is 13.1. The van der Waals surface area contributed by atoms with E-state index in [1.165, 1.54) is 11.3 Å². The first kappa shape index (κ1) is 29.7. The normalized spacial score (nSPS) is 18.1. The van der Waals surface area contributed by atoms with Gasteiger partial charge in [-0.15, -0.1) is 11.3 Å². The number of hydrogen-bond acceptors (Lipinski definition) is 7. The van der Waals surface area contributed by atoms with Gasteiger partial charge in [-0.3, -0.25) is 9.69 Å². The van der Waals surface area contributed by atoms with Crippen molar-refractivity contribution in [2.75, 3.05) is 37.5 Å². The second-order valence-corrected chi connectivity index (χ2v) is 10.5. The van der Waals surface area contributed by atoms with E-state index >= 15 is 0 Å². The number of carbonyl (C=O) groups is 2. The maximum Gasteiger partial charge on any atom is 0.331 e. The van der Waals surface area contributed by atoms with Gasteiger partial charge in [0.25, 0.3) is 5.91 Å². The molecule has 0 radical (unpaired) electrons. The molecule has 3 amide bonds. The minimum absolute atomic E-state index is 0. The van der Waals surface area contributed by atoms with Gasteiger partial charge in [0.2, 0.25) is 0 Å². The maximum atomic E-state index is 13.5. The van der Waals surface area contributed by atoms with Gasteiger partial charge in [0, 0.05) is 26.4 Å². The summed E-state index contributed by atoms with van der Waals surface area (Å²) < 4.78 is 11.5. The summed E-state index contributed by atoms with van der Waals surface area (Å²) in [6.07, 6.45) is 1.57. The molecule has 210 valence electrons. The van der Waals surface area contributed by atoms with Crippen LogP contribution in [-0.4, -0.2) is 61.2 Å². The lowest BCUT2D eigenvalue weighted by molar-refractivity contribution is 0.0769. The van der Waals surface area contributed by atoms with Crippen molar-refractivity contribution in [3.8, 4) is 11.5 Å². The Bertz CT molecular complexity index is 1550. The van der Waals surface area contributed by atoms with Gasteiger partial charge in [-0.05, 0) is 55.9 Å². The lowest BCUT2D eigenvalue weighted by Crippen LogP contribution is -2.43. The van der Waals surface area contributed by atoms with Crippen LogP contribution in [0.25, 0.3) is 10.2 Å². The molecule has 2 aliphatic heterocycles. The largest absolute Gasteiger partial charge is 0.457 e. The van der Waals surface area contributed by atoms with E-state index in [-0.39, 0.29) is 51.1 Å². The van der Waals surface area contributed by atoms with E-state index in [0.717, 1.165) is 28.9 Å². The number of nitrogens with zero attached hydrogens (tertiary/aromatic N) is 3. The molecule has 12 heteroatoms. The number of thiophene rings is 1. The minimum Gasteiger partial charge on any atom is -0.457 e. The maximum absolute atomic E-state index is 13.5. The standard InChI is InChI=1S/C28H27N5O4S.2H2S/c1-16-13-18(37-17-7-5-4-6-8-17)9-10-20(16)33-21-11-12-29-27-23(21)24(31-28(33)35)25(38-27)26(34)30-19-14-32(2)15-22(19)36-3;;/h4-13,19,22H,14-15H2,1-3H3,(H,30,34)(H,31,35);2*1H2/t19-,22-;;/m0../s1. The van der Waals surface area contributed by atoms with Gasteiger partial charge in [0.1, 0.15) is 21.2 Å². The molecular weight excluding hydrogens is 567 g/mol. The molecule has 4 aromatic rings. The molecule has 2 aromatic carbocycles. The fraction of sp³-hybridized carbons (Fsp3) is 0.250. The molecule has 9 nitrogen and oxygen atoms in total. The zero-order valence-corrected chi connectivity index (χ0v) is 25.0. The van der Waals surface area contributed by atoms with Gasteiger partial charge in [-0.25, -0.2) is 9.78 Å². The van der Waals surface area contributed by atoms with Crippen molar-refractivity contribution in [1.82, 2.24) is 15.2 Å². The summed E-state index contributed by atoms with van der Waals surface area (Å²) in [7, 11) is 3.65. The third-order valence-corrected chi connectivity index (χ3v) is 8.00. The number of pyridine rings is 1. The molecule has 0 unspecified atom stereocenters. The van der Waals surface area contributed by atoms with Crippen LogP contribution in [0.5, 0.6) is 11.5 Å². The van der Waals surface area contributed by atoms with Crippen LogP contribution in [0.3, 0.4) is 0 Å². The zero-order valence-electron chi connectivity index (χ0n) is 22.2. The summed E-state index contributed by atoms with van der Waals surface area (Å²) in [4.78, 5) is 36.2. The van der Waals surface area contributed by atoms with Crippen LogP contribution in [0, 0.1) is 6.92 Å². The average molecular weight is 598 g/mol. The fourth-order valence-electron chi connectivity index (χ4n) is 5.12. The van der Waals surface area contributed by atoms with Gasteiger partial charge < -0.3 is 25.0 Å². The Morgan fingerprint density at radius 1 is 1.07 bits per heavy atom. The summed E-state index contributed by atoms with van der Waals surface area (Å²) in [5, 5.41) is 6.81. The van der Waals surface area contributed by atoms with Gasteiger partial charge in [-0.1, -0.05) is 18.2 Å². The van der Waals surface area contributed by atoms with Crippen LogP contribution in [-0.2, 0) is 4.74 Å². The SMILES string of the molecule is CO[C@H]1CN(C)C[C@@H]1NC(=O)c1sc2nccc3c2c1NC(=O)N3c1ccc(Oc2ccccc2)cc1C.S.S. The molecule has 0 saturated carbocycles. The summed E-state index contributed by atoms with van der Waals surface area (Å²) >= 11 is 1.27. The fourth-order valence-corrected chi connectivity index (χ4v) is 6.15. The first-order chi connectivity index (χ1) is 18.4. The third-order valence-electron chi connectivity index (χ3n) is 6.91. The number of anilines is 3. The Kier molecular flexibility index (Phi) is 8.96. The molecule has 0 spiro atoms. The molecular formula is C28H31N5O4S3. The molecule has 2 aromatic heterocycles. The van der Waals surface area contributed by atoms with Crippen molar-refractivity contribution in [3.05, 3.63) is 71.2 Å². The van der Waals surface area contributed by atoms with Crippen LogP contribution in [0.4, 0.5) is 21.9 Å². The van der Waals surface area contributed by atoms with Crippen molar-refractivity contribution >= 4 is 77.5 Å². The van der Waals surface area contributed by atoms with Crippen molar-refractivity contribution in [2.24, 2.45) is 0 Å². The van der Waals surface area contributed by atoms with Crippen LogP contribution in [0.15, 0.2) is 60.8 Å². The Hall–Kier alpha value is -3.29. The molecule has 6 rings (SSSR count). The molecule has 2 atom stereocenters. The highest BCUT2D eigenvalue weighted by Gasteiger charge is 2.36. The molecule has 1 saturated heterocycles. The predicted octanol–water partition coefficient (Wildman–Crippen LogP) is 5.37. The average Bonchev–Trinajstić information content (AvgIpc) is 3.46. The second-order valence-electron chi connectivity index (χ2n) is 9.52. The topological polar surface area (TPSA) is 96.0 Å². The number of benzene rings is 2. The number of aromatic nitrogens is 1. The predicted molar refractivity (Wildman–Crippen MR) is 169 cm³/mol. The highest BCUT2D eigenvalue weighted by molar-refractivity contribution is 7.59. The molecule has 2 aliphatic rings. The van der Waals surface area contributed by atoms with Crippen LogP contribution >= 0.6 is 38.3 Å². The van der Waals surface area contributed by atoms with Crippen molar-refractivity contribution < 1.29 is 19.1 Å². The Morgan fingerprint density at radius 2 is 1.85 bits per heavy atom. The van der Waals surface area contributed by atoms with Crippen LogP contribution in [0.1, 0.15) is 15.2 Å². The van der Waals surface area contributed by atoms with Crippen molar-refractivity contribution in [1.29, 1.82) is 0 Å². The monoisotopic (exact) mass is 597 g/mol. The van der Waals surface area contributed by atoms with E-state index in [4.69, 9.17) is 9.47 Å². The molecule has 40 heavy (non-hydrogen) atoms. The van der Waals surface area contributed by atoms with E-state index in [0.29, 0.717) is 33.4 Å². The Balaban J connectivity index is 0.00000185. The Morgan fingerprint density at radius 3 is 2.58 bits per heavy atom. The lowest BCUT2D eigenvalue weighted by atomic mass is 10.1. The third kappa shape index (κ3) is 5.37. The van der Waals surface area contributed by atoms with E-state index < -0.39 is 0 Å². The number of likely N-dealkylation sites (tertiary alicyclic amines) is 1. The summed E-state index contributed by atoms with van der Waals surface area (Å²) in [5.74, 6) is 1.17. The van der Waals surface area contributed by atoms with Gasteiger partial charge in [0.05, 0.1) is 34.6 Å². The van der Waals surface area contributed by atoms with Gasteiger partial charge in [-0.2, -0.15) is 27.0 Å². The summed E-state index contributed by atoms with van der Waals surface area (Å²) in [6.45, 7) is 3.37. The zero-order chi connectivity index (χ0) is 26.4. The van der Waals surface area contributed by atoms with Crippen molar-refractivity contribution in [3.63, 3.8) is 0 Å². The summed E-state index contributed by atoms with van der Waals surface area (Å²) in [5.41, 5.74) is 2.76. The first-order valence-electron chi connectivity index (χ1n) is 12.3. The number of likely N-dealkylation sites (N-methyl/N-ethyl adjacent to an activating group) is 1. The number of ether oxygens (including phenoxy) is 2. The number of methoxy groups -OCH3 is 1. The van der Waals surface area contributed by atoms with Crippen LogP contribution in [0.2, 0.25) is 0 Å².